The first-order chi connectivity index (χ1) is 14.0. The minimum atomic E-state index is -1.62. The third kappa shape index (κ3) is 5.12. The second-order valence-corrected chi connectivity index (χ2v) is 7.18. The number of hydrogen-bond acceptors (Lipinski definition) is 10. The lowest BCUT2D eigenvalue weighted by Gasteiger charge is -2.45. The van der Waals surface area contributed by atoms with Gasteiger partial charge in [0.05, 0.1) is 26.4 Å². The molecule has 3 rings (SSSR count). The molecule has 2 saturated heterocycles. The van der Waals surface area contributed by atoms with Gasteiger partial charge in [0, 0.05) is 0 Å². The van der Waals surface area contributed by atoms with Crippen LogP contribution in [0.15, 0.2) is 30.3 Å². The van der Waals surface area contributed by atoms with Crippen LogP contribution in [0.3, 0.4) is 0 Å². The maximum Gasteiger partial charge on any atom is 0.187 e. The van der Waals surface area contributed by atoms with Gasteiger partial charge in [-0.1, -0.05) is 30.3 Å². The van der Waals surface area contributed by atoms with Crippen LogP contribution < -0.4 is 0 Å². The van der Waals surface area contributed by atoms with Gasteiger partial charge < -0.3 is 49.6 Å². The van der Waals surface area contributed by atoms with Gasteiger partial charge in [-0.05, 0) is 5.56 Å². The van der Waals surface area contributed by atoms with Crippen molar-refractivity contribution in [2.24, 2.45) is 0 Å². The molecule has 0 aromatic heterocycles. The molecule has 0 spiro atoms. The zero-order valence-electron chi connectivity index (χ0n) is 15.7. The molecule has 1 aromatic carbocycles. The number of benzene rings is 1. The molecule has 0 unspecified atom stereocenters. The monoisotopic (exact) mass is 416 g/mol. The molecular formula is C19H28O10. The van der Waals surface area contributed by atoms with Gasteiger partial charge in [0.1, 0.15) is 48.8 Å². The van der Waals surface area contributed by atoms with Gasteiger partial charge in [-0.25, -0.2) is 0 Å². The van der Waals surface area contributed by atoms with Crippen LogP contribution >= 0.6 is 0 Å². The Labute approximate surface area is 167 Å². The molecular weight excluding hydrogens is 388 g/mol. The maximum absolute atomic E-state index is 10.6. The number of rotatable bonds is 7. The van der Waals surface area contributed by atoms with E-state index >= 15 is 0 Å². The van der Waals surface area contributed by atoms with Crippen LogP contribution in [0.5, 0.6) is 0 Å². The van der Waals surface area contributed by atoms with Gasteiger partial charge in [-0.2, -0.15) is 0 Å². The highest BCUT2D eigenvalue weighted by atomic mass is 16.7. The average molecular weight is 416 g/mol. The highest BCUT2D eigenvalue weighted by Gasteiger charge is 2.48. The van der Waals surface area contributed by atoms with Crippen LogP contribution in [-0.4, -0.2) is 106 Å². The van der Waals surface area contributed by atoms with Crippen LogP contribution in [0.2, 0.25) is 0 Å². The van der Waals surface area contributed by atoms with Gasteiger partial charge in [0.15, 0.2) is 6.29 Å². The van der Waals surface area contributed by atoms with E-state index < -0.39 is 68.3 Å². The van der Waals surface area contributed by atoms with Crippen molar-refractivity contribution in [3.05, 3.63) is 35.9 Å². The summed E-state index contributed by atoms with van der Waals surface area (Å²) in [4.78, 5) is 0. The third-order valence-electron chi connectivity index (χ3n) is 5.19. The predicted octanol–water partition coefficient (Wildman–Crippen LogP) is -2.49. The van der Waals surface area contributed by atoms with Crippen molar-refractivity contribution in [2.75, 3.05) is 19.8 Å². The molecule has 6 N–H and O–H groups in total. The van der Waals surface area contributed by atoms with Crippen molar-refractivity contribution in [2.45, 2.75) is 61.7 Å². The van der Waals surface area contributed by atoms with E-state index in [9.17, 15) is 30.6 Å². The van der Waals surface area contributed by atoms with Crippen LogP contribution in [0.1, 0.15) is 5.56 Å². The van der Waals surface area contributed by atoms with E-state index in [2.05, 4.69) is 0 Å². The average Bonchev–Trinajstić information content (AvgIpc) is 2.75. The second kappa shape index (κ2) is 10.2. The Morgan fingerprint density at radius 2 is 1.55 bits per heavy atom. The Bertz CT molecular complexity index is 614. The standard InChI is InChI=1S/C19H28O10/c20-6-11-15(23)18(13(9-27-11)26-8-10-4-2-1-3-5-10)29-19-17(25)16(24)14(22)12(7-21)28-19/h1-5,11-25H,6-9H2/t11-,12-,13+,14+,15+,16+,17-,18-,19+/m1/s1. The minimum absolute atomic E-state index is 0.0111. The van der Waals surface area contributed by atoms with E-state index in [1.54, 1.807) is 0 Å². The van der Waals surface area contributed by atoms with Crippen molar-refractivity contribution >= 4 is 0 Å². The van der Waals surface area contributed by atoms with Crippen molar-refractivity contribution < 1.29 is 49.6 Å². The molecule has 2 fully saturated rings. The highest BCUT2D eigenvalue weighted by molar-refractivity contribution is 5.13. The van der Waals surface area contributed by atoms with Gasteiger partial charge in [0.25, 0.3) is 0 Å². The van der Waals surface area contributed by atoms with Gasteiger partial charge >= 0.3 is 0 Å². The molecule has 10 heteroatoms. The maximum atomic E-state index is 10.6. The van der Waals surface area contributed by atoms with E-state index in [-0.39, 0.29) is 13.2 Å². The predicted molar refractivity (Wildman–Crippen MR) is 96.5 cm³/mol. The van der Waals surface area contributed by atoms with Gasteiger partial charge in [0.2, 0.25) is 0 Å². The normalized spacial score (nSPS) is 40.7. The van der Waals surface area contributed by atoms with E-state index in [0.29, 0.717) is 0 Å². The first-order valence-electron chi connectivity index (χ1n) is 9.48. The molecule has 10 nitrogen and oxygen atoms in total. The summed E-state index contributed by atoms with van der Waals surface area (Å²) in [5, 5.41) is 59.4. The number of hydrogen-bond donors (Lipinski definition) is 6. The van der Waals surface area contributed by atoms with E-state index in [4.69, 9.17) is 18.9 Å². The van der Waals surface area contributed by atoms with Crippen molar-refractivity contribution in [1.29, 1.82) is 0 Å². The Kier molecular flexibility index (Phi) is 7.93. The summed E-state index contributed by atoms with van der Waals surface area (Å²) in [6, 6.07) is 9.31. The summed E-state index contributed by atoms with van der Waals surface area (Å²) < 4.78 is 22.3. The molecule has 9 atom stereocenters. The summed E-state index contributed by atoms with van der Waals surface area (Å²) in [5.41, 5.74) is 0.887. The zero-order valence-corrected chi connectivity index (χ0v) is 15.7. The lowest BCUT2D eigenvalue weighted by Crippen LogP contribution is -2.63. The fourth-order valence-electron chi connectivity index (χ4n) is 3.43. The number of ether oxygens (including phenoxy) is 4. The van der Waals surface area contributed by atoms with Crippen LogP contribution in [0.4, 0.5) is 0 Å². The summed E-state index contributed by atoms with van der Waals surface area (Å²) in [5.74, 6) is 0. The highest BCUT2D eigenvalue weighted by Crippen LogP contribution is 2.28. The second-order valence-electron chi connectivity index (χ2n) is 7.18. The third-order valence-corrected chi connectivity index (χ3v) is 5.19. The summed E-state index contributed by atoms with van der Waals surface area (Å²) in [6.07, 6.45) is -11.4. The largest absolute Gasteiger partial charge is 0.394 e. The van der Waals surface area contributed by atoms with Crippen molar-refractivity contribution in [3.8, 4) is 0 Å². The fourth-order valence-corrected chi connectivity index (χ4v) is 3.43. The minimum Gasteiger partial charge on any atom is -0.394 e. The lowest BCUT2D eigenvalue weighted by molar-refractivity contribution is -0.338. The van der Waals surface area contributed by atoms with E-state index in [0.717, 1.165) is 5.56 Å². The van der Waals surface area contributed by atoms with E-state index in [1.165, 1.54) is 0 Å². The Morgan fingerprint density at radius 3 is 2.21 bits per heavy atom. The molecule has 0 amide bonds. The first kappa shape index (κ1) is 22.5. The quantitative estimate of drug-likeness (QED) is 0.281. The summed E-state index contributed by atoms with van der Waals surface area (Å²) in [7, 11) is 0. The smallest absolute Gasteiger partial charge is 0.187 e. The number of aliphatic hydroxyl groups is 6. The fraction of sp³-hybridized carbons (Fsp3) is 0.684. The zero-order chi connectivity index (χ0) is 21.0. The Morgan fingerprint density at radius 1 is 0.862 bits per heavy atom. The summed E-state index contributed by atoms with van der Waals surface area (Å²) >= 11 is 0. The molecule has 1 aromatic rings. The topological polar surface area (TPSA) is 158 Å². The molecule has 2 aliphatic heterocycles. The molecule has 0 saturated carbocycles. The molecule has 0 bridgehead atoms. The van der Waals surface area contributed by atoms with Gasteiger partial charge in [-0.3, -0.25) is 0 Å². The molecule has 2 heterocycles. The van der Waals surface area contributed by atoms with Gasteiger partial charge in [-0.15, -0.1) is 0 Å². The Balaban J connectivity index is 1.72. The SMILES string of the molecule is OC[C@H]1O[C@@H](O[C@H]2[C@@H](O)[C@@H](CO)OC[C@@H]2OCc2ccccc2)[C@H](O)[C@@H](O)[C@H]1O. The number of aliphatic hydroxyl groups excluding tert-OH is 6. The van der Waals surface area contributed by atoms with Crippen molar-refractivity contribution in [1.82, 2.24) is 0 Å². The first-order valence-corrected chi connectivity index (χ1v) is 9.48. The van der Waals surface area contributed by atoms with Crippen LogP contribution in [-0.2, 0) is 25.6 Å². The van der Waals surface area contributed by atoms with E-state index in [1.807, 2.05) is 30.3 Å². The molecule has 0 radical (unpaired) electrons. The molecule has 164 valence electrons. The van der Waals surface area contributed by atoms with Crippen LogP contribution in [0, 0.1) is 0 Å². The molecule has 2 aliphatic rings. The summed E-state index contributed by atoms with van der Waals surface area (Å²) in [6.45, 7) is -0.841. The Hall–Kier alpha value is -1.18. The van der Waals surface area contributed by atoms with Crippen molar-refractivity contribution in [3.63, 3.8) is 0 Å². The lowest BCUT2D eigenvalue weighted by atomic mass is 9.97. The molecule has 0 aliphatic carbocycles. The molecule has 29 heavy (non-hydrogen) atoms. The van der Waals surface area contributed by atoms with Crippen LogP contribution in [0.25, 0.3) is 0 Å².